The quantitative estimate of drug-likeness (QED) is 0.893. The van der Waals surface area contributed by atoms with Crippen LogP contribution >= 0.6 is 0 Å². The van der Waals surface area contributed by atoms with Crippen LogP contribution in [0.4, 0.5) is 0 Å². The van der Waals surface area contributed by atoms with Gasteiger partial charge in [0.1, 0.15) is 5.76 Å². The Morgan fingerprint density at radius 1 is 1.30 bits per heavy atom. The third kappa shape index (κ3) is 3.64. The molecule has 2 fully saturated rings. The minimum atomic E-state index is 0.428. The van der Waals surface area contributed by atoms with E-state index in [-0.39, 0.29) is 0 Å². The highest BCUT2D eigenvalue weighted by atomic mass is 16.3. The van der Waals surface area contributed by atoms with Crippen LogP contribution in [0.1, 0.15) is 51.4 Å². The molecule has 1 unspecified atom stereocenters. The van der Waals surface area contributed by atoms with E-state index in [0.717, 1.165) is 30.8 Å². The zero-order valence-corrected chi connectivity index (χ0v) is 13.1. The lowest BCUT2D eigenvalue weighted by atomic mass is 9.80. The Bertz CT molecular complexity index is 442. The maximum Gasteiger partial charge on any atom is 0.118 e. The van der Waals surface area contributed by atoms with Crippen molar-refractivity contribution in [3.8, 4) is 0 Å². The van der Waals surface area contributed by atoms with Crippen LogP contribution in [0.15, 0.2) is 16.7 Å². The predicted molar refractivity (Wildman–Crippen MR) is 81.4 cm³/mol. The average Bonchev–Trinajstić information content (AvgIpc) is 2.89. The van der Waals surface area contributed by atoms with Gasteiger partial charge in [-0.2, -0.15) is 0 Å². The van der Waals surface area contributed by atoms with Crippen LogP contribution in [0.2, 0.25) is 0 Å². The molecule has 3 heteroatoms. The van der Waals surface area contributed by atoms with Crippen molar-refractivity contribution >= 4 is 0 Å². The van der Waals surface area contributed by atoms with E-state index in [2.05, 4.69) is 37.1 Å². The Kier molecular flexibility index (Phi) is 3.91. The van der Waals surface area contributed by atoms with Crippen molar-refractivity contribution in [3.05, 3.63) is 23.7 Å². The summed E-state index contributed by atoms with van der Waals surface area (Å²) in [6, 6.07) is 2.99. The highest BCUT2D eigenvalue weighted by molar-refractivity contribution is 5.13. The topological polar surface area (TPSA) is 28.4 Å². The summed E-state index contributed by atoms with van der Waals surface area (Å²) in [5, 5.41) is 3.53. The molecule has 2 heterocycles. The Morgan fingerprint density at radius 3 is 2.75 bits per heavy atom. The molecule has 3 rings (SSSR count). The first-order valence-electron chi connectivity index (χ1n) is 8.03. The summed E-state index contributed by atoms with van der Waals surface area (Å²) in [6.07, 6.45) is 5.92. The largest absolute Gasteiger partial charge is 0.468 e. The molecule has 1 aromatic rings. The smallest absolute Gasteiger partial charge is 0.118 e. The zero-order chi connectivity index (χ0) is 14.2. The molecule has 1 saturated carbocycles. The first kappa shape index (κ1) is 14.2. The van der Waals surface area contributed by atoms with E-state index in [1.165, 1.54) is 37.9 Å². The van der Waals surface area contributed by atoms with Crippen LogP contribution < -0.4 is 5.32 Å². The lowest BCUT2D eigenvalue weighted by Gasteiger charge is -2.26. The number of nitrogens with one attached hydrogen (secondary N) is 1. The maximum atomic E-state index is 5.72. The van der Waals surface area contributed by atoms with Gasteiger partial charge in [0.25, 0.3) is 0 Å². The standard InChI is InChI=1S/C17H28N2O/c1-17(2,3)14-6-7-19(10-14)11-16-8-13(12-20-16)9-18-15-4-5-15/h8,12,14-15,18H,4-7,9-11H2,1-3H3. The van der Waals surface area contributed by atoms with Crippen molar-refractivity contribution in [2.75, 3.05) is 13.1 Å². The lowest BCUT2D eigenvalue weighted by molar-refractivity contribution is 0.219. The summed E-state index contributed by atoms with van der Waals surface area (Å²) in [4.78, 5) is 2.53. The second-order valence-electron chi connectivity index (χ2n) is 7.66. The summed E-state index contributed by atoms with van der Waals surface area (Å²) in [5.41, 5.74) is 1.72. The van der Waals surface area contributed by atoms with Gasteiger partial charge in [-0.15, -0.1) is 0 Å². The monoisotopic (exact) mass is 276 g/mol. The molecule has 2 aliphatic rings. The summed E-state index contributed by atoms with van der Waals surface area (Å²) in [5.74, 6) is 1.93. The van der Waals surface area contributed by atoms with Gasteiger partial charge in [0.15, 0.2) is 0 Å². The third-order valence-electron chi connectivity index (χ3n) is 4.76. The molecule has 112 valence electrons. The second-order valence-corrected chi connectivity index (χ2v) is 7.66. The fourth-order valence-electron chi connectivity index (χ4n) is 3.05. The van der Waals surface area contributed by atoms with Gasteiger partial charge in [0.05, 0.1) is 12.8 Å². The molecule has 0 radical (unpaired) electrons. The number of rotatable bonds is 5. The minimum Gasteiger partial charge on any atom is -0.468 e. The molecule has 1 N–H and O–H groups in total. The Labute approximate surface area is 122 Å². The van der Waals surface area contributed by atoms with Gasteiger partial charge in [-0.05, 0) is 43.2 Å². The zero-order valence-electron chi connectivity index (χ0n) is 13.1. The number of nitrogens with zero attached hydrogens (tertiary/aromatic N) is 1. The van der Waals surface area contributed by atoms with Crippen LogP contribution in [0.3, 0.4) is 0 Å². The van der Waals surface area contributed by atoms with Gasteiger partial charge in [-0.3, -0.25) is 4.90 Å². The van der Waals surface area contributed by atoms with Crippen LogP contribution in [0.25, 0.3) is 0 Å². The second kappa shape index (κ2) is 5.53. The fourth-order valence-corrected chi connectivity index (χ4v) is 3.05. The molecule has 20 heavy (non-hydrogen) atoms. The van der Waals surface area contributed by atoms with Crippen molar-refractivity contribution < 1.29 is 4.42 Å². The van der Waals surface area contributed by atoms with Crippen LogP contribution in [0.5, 0.6) is 0 Å². The Hall–Kier alpha value is -0.800. The van der Waals surface area contributed by atoms with Crippen LogP contribution in [0, 0.1) is 11.3 Å². The van der Waals surface area contributed by atoms with Gasteiger partial charge in [-0.25, -0.2) is 0 Å². The number of likely N-dealkylation sites (tertiary alicyclic amines) is 1. The molecule has 0 spiro atoms. The van der Waals surface area contributed by atoms with Crippen molar-refractivity contribution in [2.45, 2.75) is 59.2 Å². The summed E-state index contributed by atoms with van der Waals surface area (Å²) < 4.78 is 5.72. The molecule has 0 amide bonds. The number of furan rings is 1. The third-order valence-corrected chi connectivity index (χ3v) is 4.76. The molecule has 1 aromatic heterocycles. The van der Waals surface area contributed by atoms with Gasteiger partial charge in [0, 0.05) is 24.7 Å². The van der Waals surface area contributed by atoms with E-state index in [4.69, 9.17) is 4.42 Å². The Balaban J connectivity index is 1.48. The van der Waals surface area contributed by atoms with Gasteiger partial charge in [-0.1, -0.05) is 20.8 Å². The lowest BCUT2D eigenvalue weighted by Crippen LogP contribution is -2.25. The van der Waals surface area contributed by atoms with E-state index in [0.29, 0.717) is 5.41 Å². The first-order chi connectivity index (χ1) is 9.50. The minimum absolute atomic E-state index is 0.428. The van der Waals surface area contributed by atoms with Gasteiger partial charge in [0.2, 0.25) is 0 Å². The summed E-state index contributed by atoms with van der Waals surface area (Å²) in [6.45, 7) is 11.4. The van der Waals surface area contributed by atoms with Gasteiger partial charge >= 0.3 is 0 Å². The molecule has 1 saturated heterocycles. The fraction of sp³-hybridized carbons (Fsp3) is 0.765. The predicted octanol–water partition coefficient (Wildman–Crippen LogP) is 3.40. The van der Waals surface area contributed by atoms with E-state index >= 15 is 0 Å². The maximum absolute atomic E-state index is 5.72. The number of hydrogen-bond donors (Lipinski definition) is 1. The highest BCUT2D eigenvalue weighted by Crippen LogP contribution is 2.34. The normalized spacial score (nSPS) is 24.4. The van der Waals surface area contributed by atoms with E-state index < -0.39 is 0 Å². The highest BCUT2D eigenvalue weighted by Gasteiger charge is 2.31. The van der Waals surface area contributed by atoms with Gasteiger partial charge < -0.3 is 9.73 Å². The molecular weight excluding hydrogens is 248 g/mol. The van der Waals surface area contributed by atoms with E-state index in [1.807, 2.05) is 6.26 Å². The molecule has 1 aliphatic carbocycles. The SMILES string of the molecule is CC(C)(C)C1CCN(Cc2cc(CNC3CC3)co2)C1. The van der Waals surface area contributed by atoms with Crippen LogP contribution in [-0.2, 0) is 13.1 Å². The summed E-state index contributed by atoms with van der Waals surface area (Å²) >= 11 is 0. The van der Waals surface area contributed by atoms with Crippen molar-refractivity contribution in [1.82, 2.24) is 10.2 Å². The van der Waals surface area contributed by atoms with E-state index in [9.17, 15) is 0 Å². The van der Waals surface area contributed by atoms with E-state index in [1.54, 1.807) is 0 Å². The van der Waals surface area contributed by atoms with Crippen molar-refractivity contribution in [2.24, 2.45) is 11.3 Å². The Morgan fingerprint density at radius 2 is 2.10 bits per heavy atom. The molecule has 0 bridgehead atoms. The van der Waals surface area contributed by atoms with Crippen LogP contribution in [-0.4, -0.2) is 24.0 Å². The molecular formula is C17H28N2O. The summed E-state index contributed by atoms with van der Waals surface area (Å²) in [7, 11) is 0. The van der Waals surface area contributed by atoms with Crippen molar-refractivity contribution in [1.29, 1.82) is 0 Å². The molecule has 0 aromatic carbocycles. The molecule has 3 nitrogen and oxygen atoms in total. The molecule has 1 aliphatic heterocycles. The first-order valence-corrected chi connectivity index (χ1v) is 8.03. The van der Waals surface area contributed by atoms with Crippen molar-refractivity contribution in [3.63, 3.8) is 0 Å². The molecule has 1 atom stereocenters. The average molecular weight is 276 g/mol. The number of hydrogen-bond acceptors (Lipinski definition) is 3.